The molecule has 1 saturated carbocycles. The quantitative estimate of drug-likeness (QED) is 0.697. The van der Waals surface area contributed by atoms with Crippen molar-refractivity contribution < 1.29 is 9.52 Å². The van der Waals surface area contributed by atoms with Crippen molar-refractivity contribution >= 4 is 0 Å². The molecule has 0 bridgehead atoms. The van der Waals surface area contributed by atoms with Crippen LogP contribution in [-0.2, 0) is 0 Å². The molecule has 2 atom stereocenters. The summed E-state index contributed by atoms with van der Waals surface area (Å²) in [4.78, 5) is 0. The molecule has 0 saturated heterocycles. The normalized spacial score (nSPS) is 28.7. The fraction of sp³-hybridized carbons (Fsp3) is 0.667. The smallest absolute Gasteiger partial charge is 0.0940 e. The Bertz CT molecular complexity index is 290. The van der Waals surface area contributed by atoms with Crippen molar-refractivity contribution in [3.8, 4) is 0 Å². The van der Waals surface area contributed by atoms with Crippen LogP contribution in [0.25, 0.3) is 0 Å². The number of aliphatic hydroxyl groups is 1. The van der Waals surface area contributed by atoms with Gasteiger partial charge in [0.2, 0.25) is 0 Å². The molecule has 0 radical (unpaired) electrons. The van der Waals surface area contributed by atoms with Gasteiger partial charge in [-0.2, -0.15) is 0 Å². The summed E-state index contributed by atoms with van der Waals surface area (Å²) in [7, 11) is 0. The van der Waals surface area contributed by atoms with Gasteiger partial charge in [0, 0.05) is 0 Å². The first-order valence-electron chi connectivity index (χ1n) is 5.48. The number of hydrogen-bond donors (Lipinski definition) is 1. The lowest BCUT2D eigenvalue weighted by Gasteiger charge is -2.15. The SMILES string of the molecule is Cc1cocc1C1CCCCC(O)C1. The molecule has 1 N–H and O–H groups in total. The number of aliphatic hydroxyl groups excluding tert-OH is 1. The van der Waals surface area contributed by atoms with E-state index in [0.29, 0.717) is 5.92 Å². The lowest BCUT2D eigenvalue weighted by atomic mass is 9.91. The zero-order valence-electron chi connectivity index (χ0n) is 8.70. The van der Waals surface area contributed by atoms with Gasteiger partial charge in [-0.15, -0.1) is 0 Å². The molecule has 14 heavy (non-hydrogen) atoms. The Morgan fingerprint density at radius 1 is 1.29 bits per heavy atom. The van der Waals surface area contributed by atoms with Gasteiger partial charge in [0.05, 0.1) is 18.6 Å². The summed E-state index contributed by atoms with van der Waals surface area (Å²) in [6.07, 6.45) is 8.98. The van der Waals surface area contributed by atoms with E-state index in [4.69, 9.17) is 4.42 Å². The topological polar surface area (TPSA) is 33.4 Å². The molecule has 0 aliphatic heterocycles. The number of hydrogen-bond acceptors (Lipinski definition) is 2. The predicted molar refractivity (Wildman–Crippen MR) is 55.3 cm³/mol. The van der Waals surface area contributed by atoms with E-state index in [1.54, 1.807) is 6.26 Å². The van der Waals surface area contributed by atoms with Crippen LogP contribution in [0.3, 0.4) is 0 Å². The highest BCUT2D eigenvalue weighted by atomic mass is 16.3. The number of aryl methyl sites for hydroxylation is 1. The molecule has 2 unspecified atom stereocenters. The van der Waals surface area contributed by atoms with Crippen LogP contribution in [0.5, 0.6) is 0 Å². The molecule has 1 aliphatic rings. The molecule has 1 fully saturated rings. The second-order valence-corrected chi connectivity index (χ2v) is 4.38. The van der Waals surface area contributed by atoms with Crippen LogP contribution in [0.4, 0.5) is 0 Å². The third-order valence-corrected chi connectivity index (χ3v) is 3.23. The van der Waals surface area contributed by atoms with Gasteiger partial charge >= 0.3 is 0 Å². The molecule has 1 aromatic rings. The zero-order chi connectivity index (χ0) is 9.97. The fourth-order valence-corrected chi connectivity index (χ4v) is 2.41. The summed E-state index contributed by atoms with van der Waals surface area (Å²) < 4.78 is 5.19. The molecular weight excluding hydrogens is 176 g/mol. The second kappa shape index (κ2) is 4.18. The summed E-state index contributed by atoms with van der Waals surface area (Å²) in [5, 5.41) is 9.72. The van der Waals surface area contributed by atoms with Crippen molar-refractivity contribution in [2.75, 3.05) is 0 Å². The molecule has 2 rings (SSSR count). The summed E-state index contributed by atoms with van der Waals surface area (Å²) in [5.41, 5.74) is 2.52. The maximum atomic E-state index is 9.72. The minimum Gasteiger partial charge on any atom is -0.472 e. The standard InChI is InChI=1S/C12H18O2/c1-9-7-14-8-12(9)10-4-2-3-5-11(13)6-10/h7-8,10-11,13H,2-6H2,1H3. The molecule has 1 heterocycles. The lowest BCUT2D eigenvalue weighted by molar-refractivity contribution is 0.151. The highest BCUT2D eigenvalue weighted by Gasteiger charge is 2.21. The van der Waals surface area contributed by atoms with Crippen LogP contribution < -0.4 is 0 Å². The molecular formula is C12H18O2. The van der Waals surface area contributed by atoms with E-state index in [9.17, 15) is 5.11 Å². The minimum absolute atomic E-state index is 0.114. The molecule has 0 amide bonds. The first-order valence-corrected chi connectivity index (χ1v) is 5.48. The van der Waals surface area contributed by atoms with E-state index in [1.807, 2.05) is 6.26 Å². The number of rotatable bonds is 1. The van der Waals surface area contributed by atoms with E-state index < -0.39 is 0 Å². The van der Waals surface area contributed by atoms with Crippen molar-refractivity contribution in [1.29, 1.82) is 0 Å². The minimum atomic E-state index is -0.114. The van der Waals surface area contributed by atoms with Gasteiger partial charge in [-0.25, -0.2) is 0 Å². The lowest BCUT2D eigenvalue weighted by Crippen LogP contribution is -2.09. The third-order valence-electron chi connectivity index (χ3n) is 3.23. The van der Waals surface area contributed by atoms with Crippen molar-refractivity contribution in [2.24, 2.45) is 0 Å². The van der Waals surface area contributed by atoms with Crippen molar-refractivity contribution in [1.82, 2.24) is 0 Å². The Balaban J connectivity index is 2.13. The van der Waals surface area contributed by atoms with Crippen molar-refractivity contribution in [3.63, 3.8) is 0 Å². The second-order valence-electron chi connectivity index (χ2n) is 4.38. The van der Waals surface area contributed by atoms with Gasteiger partial charge in [0.25, 0.3) is 0 Å². The van der Waals surface area contributed by atoms with Gasteiger partial charge in [-0.1, -0.05) is 12.8 Å². The average Bonchev–Trinajstić information content (AvgIpc) is 2.45. The van der Waals surface area contributed by atoms with Crippen LogP contribution in [0.1, 0.15) is 49.1 Å². The van der Waals surface area contributed by atoms with Crippen LogP contribution in [-0.4, -0.2) is 11.2 Å². The first-order chi connectivity index (χ1) is 6.77. The highest BCUT2D eigenvalue weighted by Crippen LogP contribution is 2.33. The maximum Gasteiger partial charge on any atom is 0.0940 e. The molecule has 0 aromatic carbocycles. The van der Waals surface area contributed by atoms with Crippen LogP contribution in [0.15, 0.2) is 16.9 Å². The summed E-state index contributed by atoms with van der Waals surface area (Å²) in [5.74, 6) is 0.506. The molecule has 2 nitrogen and oxygen atoms in total. The summed E-state index contributed by atoms with van der Waals surface area (Å²) >= 11 is 0. The van der Waals surface area contributed by atoms with Crippen molar-refractivity contribution in [3.05, 3.63) is 23.7 Å². The maximum absolute atomic E-state index is 9.72. The Kier molecular flexibility index (Phi) is 2.92. The molecule has 2 heteroatoms. The van der Waals surface area contributed by atoms with Gasteiger partial charge in [0.15, 0.2) is 0 Å². The van der Waals surface area contributed by atoms with E-state index >= 15 is 0 Å². The predicted octanol–water partition coefficient (Wildman–Crippen LogP) is 3.00. The Morgan fingerprint density at radius 2 is 2.07 bits per heavy atom. The van der Waals surface area contributed by atoms with Gasteiger partial charge < -0.3 is 9.52 Å². The van der Waals surface area contributed by atoms with Crippen LogP contribution >= 0.6 is 0 Å². The van der Waals surface area contributed by atoms with Crippen molar-refractivity contribution in [2.45, 2.75) is 51.0 Å². The Hall–Kier alpha value is -0.760. The zero-order valence-corrected chi connectivity index (χ0v) is 8.70. The molecule has 1 aromatic heterocycles. The van der Waals surface area contributed by atoms with E-state index in [0.717, 1.165) is 19.3 Å². The first kappa shape index (κ1) is 9.78. The number of furan rings is 1. The fourth-order valence-electron chi connectivity index (χ4n) is 2.41. The van der Waals surface area contributed by atoms with E-state index in [-0.39, 0.29) is 6.10 Å². The Labute approximate surface area is 84.9 Å². The monoisotopic (exact) mass is 194 g/mol. The highest BCUT2D eigenvalue weighted by molar-refractivity contribution is 5.23. The van der Waals surface area contributed by atoms with Crippen LogP contribution in [0.2, 0.25) is 0 Å². The van der Waals surface area contributed by atoms with Gasteiger partial charge in [0.1, 0.15) is 0 Å². The third kappa shape index (κ3) is 2.01. The van der Waals surface area contributed by atoms with Crippen LogP contribution in [0, 0.1) is 6.92 Å². The average molecular weight is 194 g/mol. The molecule has 78 valence electrons. The summed E-state index contributed by atoms with van der Waals surface area (Å²) in [6.45, 7) is 2.08. The van der Waals surface area contributed by atoms with Gasteiger partial charge in [-0.3, -0.25) is 0 Å². The Morgan fingerprint density at radius 3 is 2.79 bits per heavy atom. The van der Waals surface area contributed by atoms with Gasteiger partial charge in [-0.05, 0) is 43.2 Å². The van der Waals surface area contributed by atoms with E-state index in [1.165, 1.54) is 24.0 Å². The largest absolute Gasteiger partial charge is 0.472 e. The summed E-state index contributed by atoms with van der Waals surface area (Å²) in [6, 6.07) is 0. The molecule has 1 aliphatic carbocycles. The molecule has 0 spiro atoms. The van der Waals surface area contributed by atoms with E-state index in [2.05, 4.69) is 6.92 Å².